The fourth-order valence-electron chi connectivity index (χ4n) is 3.56. The predicted molar refractivity (Wildman–Crippen MR) is 149 cm³/mol. The van der Waals surface area contributed by atoms with Crippen LogP contribution >= 0.6 is 11.8 Å². The van der Waals surface area contributed by atoms with E-state index in [4.69, 9.17) is 0 Å². The summed E-state index contributed by atoms with van der Waals surface area (Å²) >= 11 is 1.65. The molecular formula is C26H21N5O7S2. The van der Waals surface area contributed by atoms with Gasteiger partial charge < -0.3 is 5.32 Å². The summed E-state index contributed by atoms with van der Waals surface area (Å²) < 4.78 is 25.7. The number of hydrogen-bond acceptors (Lipinski definition) is 10. The van der Waals surface area contributed by atoms with Crippen molar-refractivity contribution in [1.29, 1.82) is 0 Å². The van der Waals surface area contributed by atoms with E-state index in [0.717, 1.165) is 16.8 Å². The summed E-state index contributed by atoms with van der Waals surface area (Å²) in [5.41, 5.74) is 0.985. The summed E-state index contributed by atoms with van der Waals surface area (Å²) in [4.78, 5) is 39.5. The largest absolute Gasteiger partial charge is 0.384 e. The van der Waals surface area contributed by atoms with E-state index in [1.165, 1.54) is 60.7 Å². The molecule has 0 saturated heterocycles. The minimum absolute atomic E-state index is 0.201. The maximum Gasteiger partial charge on any atom is 0.333 e. The Morgan fingerprint density at radius 1 is 0.900 bits per heavy atom. The zero-order chi connectivity index (χ0) is 28.7. The van der Waals surface area contributed by atoms with Gasteiger partial charge in [0.2, 0.25) is 0 Å². The molecule has 1 heterocycles. The third-order valence-electron chi connectivity index (χ3n) is 5.53. The van der Waals surface area contributed by atoms with Crippen LogP contribution in [0.1, 0.15) is 10.4 Å². The molecule has 0 atom stereocenters. The number of pyridine rings is 1. The molecule has 12 nitrogen and oxygen atoms in total. The van der Waals surface area contributed by atoms with E-state index < -0.39 is 35.2 Å². The Morgan fingerprint density at radius 2 is 1.57 bits per heavy atom. The number of carbonyl (C=O) groups excluding carboxylic acids is 1. The Morgan fingerprint density at radius 3 is 2.15 bits per heavy atom. The lowest BCUT2D eigenvalue weighted by molar-refractivity contribution is -0.598. The first-order valence-corrected chi connectivity index (χ1v) is 14.1. The number of carbonyl (C=O) groups is 1. The van der Waals surface area contributed by atoms with E-state index in [-0.39, 0.29) is 11.3 Å². The quantitative estimate of drug-likeness (QED) is 0.112. The minimum atomic E-state index is -4.82. The summed E-state index contributed by atoms with van der Waals surface area (Å²) in [6.07, 6.45) is 1.07. The molecule has 1 aromatic heterocycles. The number of nitrogens with zero attached hydrogens (tertiary/aromatic N) is 4. The van der Waals surface area contributed by atoms with E-state index in [1.54, 1.807) is 11.8 Å². The van der Waals surface area contributed by atoms with Crippen molar-refractivity contribution < 1.29 is 23.2 Å². The van der Waals surface area contributed by atoms with Gasteiger partial charge in [0, 0.05) is 40.1 Å². The zero-order valence-corrected chi connectivity index (χ0v) is 22.2. The number of anilines is 1. The smallest absolute Gasteiger partial charge is 0.333 e. The van der Waals surface area contributed by atoms with Crippen LogP contribution in [0.25, 0.3) is 11.3 Å². The van der Waals surface area contributed by atoms with E-state index >= 15 is 0 Å². The Bertz CT molecular complexity index is 1620. The molecule has 4 rings (SSSR count). The molecule has 1 amide bonds. The number of aromatic nitrogens is 1. The first-order valence-electron chi connectivity index (χ1n) is 11.6. The normalized spacial score (nSPS) is 11.0. The van der Waals surface area contributed by atoms with Crippen molar-refractivity contribution in [2.45, 2.75) is 9.79 Å². The second-order valence-electron chi connectivity index (χ2n) is 8.14. The number of nitrogens with one attached hydrogen (secondary N) is 1. The molecule has 0 saturated carbocycles. The third kappa shape index (κ3) is 6.59. The molecule has 1 N–H and O–H groups in total. The predicted octanol–water partition coefficient (Wildman–Crippen LogP) is 4.88. The molecule has 0 fully saturated rings. The summed E-state index contributed by atoms with van der Waals surface area (Å²) in [5.74, 6) is -0.597. The lowest BCUT2D eigenvalue weighted by atomic mass is 10.1. The van der Waals surface area contributed by atoms with Crippen LogP contribution in [0.3, 0.4) is 0 Å². The lowest BCUT2D eigenvalue weighted by Gasteiger charge is -2.14. The molecule has 0 aliphatic carbocycles. The van der Waals surface area contributed by atoms with Crippen LogP contribution in [-0.2, 0) is 10.0 Å². The van der Waals surface area contributed by atoms with Crippen molar-refractivity contribution in [2.24, 2.45) is 0 Å². The number of amides is 1. The highest BCUT2D eigenvalue weighted by atomic mass is 32.2. The van der Waals surface area contributed by atoms with Gasteiger partial charge >= 0.3 is 15.9 Å². The van der Waals surface area contributed by atoms with Gasteiger partial charge in [0.25, 0.3) is 5.69 Å². The first kappa shape index (κ1) is 28.2. The number of benzene rings is 3. The van der Waals surface area contributed by atoms with Gasteiger partial charge in [0.05, 0.1) is 19.9 Å². The molecule has 0 unspecified atom stereocenters. The number of hydrogen-bond donors (Lipinski definition) is 1. The van der Waals surface area contributed by atoms with Gasteiger partial charge in [-0.3, -0.25) is 14.9 Å². The fourth-order valence-corrected chi connectivity index (χ4v) is 5.52. The van der Waals surface area contributed by atoms with Crippen molar-refractivity contribution in [3.05, 3.63) is 123 Å². The topological polar surface area (TPSA) is 166 Å². The maximum atomic E-state index is 13.1. The Labute approximate surface area is 233 Å². The zero-order valence-electron chi connectivity index (χ0n) is 20.6. The monoisotopic (exact) mass is 579 g/mol. The third-order valence-corrected chi connectivity index (χ3v) is 8.17. The molecule has 204 valence electrons. The van der Waals surface area contributed by atoms with Gasteiger partial charge in [-0.25, -0.2) is 15.1 Å². The molecular weight excluding hydrogens is 558 g/mol. The highest BCUT2D eigenvalue weighted by Gasteiger charge is 2.40. The highest BCUT2D eigenvalue weighted by molar-refractivity contribution is 7.99. The van der Waals surface area contributed by atoms with E-state index in [1.807, 2.05) is 30.3 Å². The average molecular weight is 580 g/mol. The number of sulfonamides is 1. The van der Waals surface area contributed by atoms with Crippen molar-refractivity contribution in [3.63, 3.8) is 0 Å². The van der Waals surface area contributed by atoms with Gasteiger partial charge in [0.15, 0.2) is 5.03 Å². The van der Waals surface area contributed by atoms with Gasteiger partial charge in [-0.1, -0.05) is 30.3 Å². The minimum Gasteiger partial charge on any atom is -0.384 e. The van der Waals surface area contributed by atoms with Crippen molar-refractivity contribution in [3.8, 4) is 11.3 Å². The van der Waals surface area contributed by atoms with Crippen molar-refractivity contribution >= 4 is 39.1 Å². The SMILES string of the molecule is O=C(c1ccc(-c2ccc([N+](=O)[O-])cn2)cc1)N([N+](=O)[O-])S(=O)(=O)c1ccc(NCCSc2ccccc2)cc1. The molecule has 0 bridgehead atoms. The molecule has 0 radical (unpaired) electrons. The Kier molecular flexibility index (Phi) is 8.71. The number of nitro groups is 2. The summed E-state index contributed by atoms with van der Waals surface area (Å²) in [5, 5.41) is 24.4. The fraction of sp³-hybridized carbons (Fsp3) is 0.0769. The van der Waals surface area contributed by atoms with Gasteiger partial charge in [-0.15, -0.1) is 11.8 Å². The van der Waals surface area contributed by atoms with Crippen LogP contribution < -0.4 is 5.32 Å². The van der Waals surface area contributed by atoms with Crippen LogP contribution in [0, 0.1) is 20.2 Å². The van der Waals surface area contributed by atoms with E-state index in [9.17, 15) is 33.4 Å². The van der Waals surface area contributed by atoms with E-state index in [2.05, 4.69) is 10.3 Å². The molecule has 3 aromatic carbocycles. The second kappa shape index (κ2) is 12.4. The second-order valence-corrected chi connectivity index (χ2v) is 11.1. The summed E-state index contributed by atoms with van der Waals surface area (Å²) in [6.45, 7) is 0.594. The number of thioether (sulfide) groups is 1. The summed E-state index contributed by atoms with van der Waals surface area (Å²) in [7, 11) is -4.82. The van der Waals surface area contributed by atoms with Crippen molar-refractivity contribution in [1.82, 2.24) is 9.40 Å². The average Bonchev–Trinajstić information content (AvgIpc) is 2.96. The molecule has 4 aromatic rings. The van der Waals surface area contributed by atoms with Gasteiger partial charge in [-0.2, -0.15) is 8.42 Å². The van der Waals surface area contributed by atoms with Gasteiger partial charge in [-0.05, 0) is 54.6 Å². The summed E-state index contributed by atoms with van der Waals surface area (Å²) in [6, 6.07) is 23.0. The Hall–Kier alpha value is -4.82. The lowest BCUT2D eigenvalue weighted by Crippen LogP contribution is -2.41. The number of hydrazine groups is 1. The van der Waals surface area contributed by atoms with Crippen LogP contribution in [-0.4, -0.2) is 46.0 Å². The van der Waals surface area contributed by atoms with E-state index in [0.29, 0.717) is 23.5 Å². The van der Waals surface area contributed by atoms with Gasteiger partial charge in [0.1, 0.15) is 6.20 Å². The van der Waals surface area contributed by atoms with Crippen LogP contribution in [0.2, 0.25) is 0 Å². The molecule has 0 spiro atoms. The Balaban J connectivity index is 1.44. The van der Waals surface area contributed by atoms with Crippen molar-refractivity contribution in [2.75, 3.05) is 17.6 Å². The standard InChI is InChI=1S/C26H21N5O7S2/c32-26(20-8-6-19(7-9-20)25-15-12-22(18-28-25)30(33)34)29(31(35)36)40(37,38)24-13-10-21(11-14-24)27-16-17-39-23-4-2-1-3-5-23/h1-15,18,27H,16-17H2. The first-order chi connectivity index (χ1) is 19.2. The number of rotatable bonds is 11. The molecule has 0 aliphatic heterocycles. The molecule has 40 heavy (non-hydrogen) atoms. The van der Waals surface area contributed by atoms with Crippen LogP contribution in [0.4, 0.5) is 11.4 Å². The molecule has 14 heteroatoms. The van der Waals surface area contributed by atoms with Crippen LogP contribution in [0.5, 0.6) is 0 Å². The highest BCUT2D eigenvalue weighted by Crippen LogP contribution is 2.24. The maximum absolute atomic E-state index is 13.1. The molecule has 0 aliphatic rings. The van der Waals surface area contributed by atoms with Crippen LogP contribution in [0.15, 0.2) is 107 Å².